The van der Waals surface area contributed by atoms with E-state index >= 15 is 0 Å². The van der Waals surface area contributed by atoms with Crippen molar-refractivity contribution in [2.45, 2.75) is 32.8 Å². The largest absolute Gasteiger partial charge is 0.378 e. The van der Waals surface area contributed by atoms with Gasteiger partial charge in [0.05, 0.1) is 12.0 Å². The molecule has 2 rings (SSSR count). The topological polar surface area (TPSA) is 50.4 Å². The van der Waals surface area contributed by atoms with Crippen LogP contribution in [0.4, 0.5) is 0 Å². The van der Waals surface area contributed by atoms with Gasteiger partial charge in [-0.05, 0) is 44.7 Å². The number of ether oxygens (including phenoxy) is 1. The smallest absolute Gasteiger partial charge is 0.225 e. The summed E-state index contributed by atoms with van der Waals surface area (Å²) < 4.78 is 5.43. The fourth-order valence-electron chi connectivity index (χ4n) is 2.77. The minimum absolute atomic E-state index is 0.0573. The lowest BCUT2D eigenvalue weighted by Gasteiger charge is -2.30. The first-order chi connectivity index (χ1) is 8.18. The quantitative estimate of drug-likeness (QED) is 0.766. The number of rotatable bonds is 3. The van der Waals surface area contributed by atoms with Crippen LogP contribution >= 0.6 is 0 Å². The van der Waals surface area contributed by atoms with E-state index < -0.39 is 0 Å². The second-order valence-corrected chi connectivity index (χ2v) is 5.45. The molecule has 0 aliphatic carbocycles. The maximum Gasteiger partial charge on any atom is 0.225 e. The van der Waals surface area contributed by atoms with Gasteiger partial charge in [0.25, 0.3) is 0 Å². The summed E-state index contributed by atoms with van der Waals surface area (Å²) in [7, 11) is 0. The predicted octanol–water partition coefficient (Wildman–Crippen LogP) is 0.773. The van der Waals surface area contributed by atoms with Gasteiger partial charge in [0.1, 0.15) is 0 Å². The highest BCUT2D eigenvalue weighted by Gasteiger charge is 2.31. The Morgan fingerprint density at radius 1 is 1.41 bits per heavy atom. The molecule has 1 amide bonds. The third-order valence-corrected chi connectivity index (χ3v) is 4.24. The van der Waals surface area contributed by atoms with Gasteiger partial charge < -0.3 is 15.4 Å². The van der Waals surface area contributed by atoms with Gasteiger partial charge in [-0.1, -0.05) is 6.92 Å². The minimum Gasteiger partial charge on any atom is -0.378 e. The Bertz CT molecular complexity index is 270. The van der Waals surface area contributed by atoms with E-state index in [2.05, 4.69) is 17.6 Å². The van der Waals surface area contributed by atoms with Crippen molar-refractivity contribution < 1.29 is 9.53 Å². The first-order valence-electron chi connectivity index (χ1n) is 6.78. The third-order valence-electron chi connectivity index (χ3n) is 4.24. The summed E-state index contributed by atoms with van der Waals surface area (Å²) in [6.07, 6.45) is 2.16. The molecule has 2 fully saturated rings. The van der Waals surface area contributed by atoms with Crippen LogP contribution in [0.15, 0.2) is 0 Å². The lowest BCUT2D eigenvalue weighted by Crippen LogP contribution is -2.44. The van der Waals surface area contributed by atoms with Gasteiger partial charge in [0.2, 0.25) is 5.91 Å². The SMILES string of the molecule is CC1CCNCC1CNC(=O)C1CCOC1C. The van der Waals surface area contributed by atoms with Gasteiger partial charge in [0, 0.05) is 13.2 Å². The summed E-state index contributed by atoms with van der Waals surface area (Å²) in [5, 5.41) is 6.49. The Kier molecular flexibility index (Phi) is 4.40. The molecule has 2 aliphatic heterocycles. The number of piperidine rings is 1. The average Bonchev–Trinajstić information content (AvgIpc) is 2.74. The molecule has 0 bridgehead atoms. The number of hydrogen-bond acceptors (Lipinski definition) is 3. The summed E-state index contributed by atoms with van der Waals surface area (Å²) in [5.41, 5.74) is 0. The molecule has 2 aliphatic rings. The molecule has 4 nitrogen and oxygen atoms in total. The summed E-state index contributed by atoms with van der Waals surface area (Å²) in [5.74, 6) is 1.51. The molecule has 17 heavy (non-hydrogen) atoms. The van der Waals surface area contributed by atoms with Crippen molar-refractivity contribution >= 4 is 5.91 Å². The van der Waals surface area contributed by atoms with E-state index in [1.165, 1.54) is 6.42 Å². The molecule has 0 aromatic carbocycles. The van der Waals surface area contributed by atoms with Crippen molar-refractivity contribution in [3.05, 3.63) is 0 Å². The number of nitrogens with one attached hydrogen (secondary N) is 2. The number of carbonyl (C=O) groups is 1. The highest BCUT2D eigenvalue weighted by Crippen LogP contribution is 2.21. The van der Waals surface area contributed by atoms with Crippen LogP contribution in [0, 0.1) is 17.8 Å². The average molecular weight is 240 g/mol. The maximum absolute atomic E-state index is 12.0. The maximum atomic E-state index is 12.0. The van der Waals surface area contributed by atoms with Crippen LogP contribution < -0.4 is 10.6 Å². The van der Waals surface area contributed by atoms with Gasteiger partial charge in [-0.2, -0.15) is 0 Å². The molecule has 0 radical (unpaired) electrons. The van der Waals surface area contributed by atoms with Gasteiger partial charge in [-0.25, -0.2) is 0 Å². The molecular formula is C13H24N2O2. The molecule has 4 unspecified atom stereocenters. The summed E-state index contributed by atoms with van der Waals surface area (Å²) >= 11 is 0. The zero-order valence-electron chi connectivity index (χ0n) is 10.9. The van der Waals surface area contributed by atoms with E-state index in [4.69, 9.17) is 4.74 Å². The lowest BCUT2D eigenvalue weighted by molar-refractivity contribution is -0.126. The molecule has 0 spiro atoms. The summed E-state index contributed by atoms with van der Waals surface area (Å²) in [6, 6.07) is 0. The monoisotopic (exact) mass is 240 g/mol. The number of hydrogen-bond donors (Lipinski definition) is 2. The van der Waals surface area contributed by atoms with Crippen molar-refractivity contribution in [2.24, 2.45) is 17.8 Å². The van der Waals surface area contributed by atoms with Crippen LogP contribution in [0.3, 0.4) is 0 Å². The zero-order chi connectivity index (χ0) is 12.3. The highest BCUT2D eigenvalue weighted by atomic mass is 16.5. The standard InChI is InChI=1S/C13H24N2O2/c1-9-3-5-14-7-11(9)8-15-13(16)12-4-6-17-10(12)2/h9-12,14H,3-8H2,1-2H3,(H,15,16). The molecule has 4 heteroatoms. The summed E-state index contributed by atoms with van der Waals surface area (Å²) in [4.78, 5) is 12.0. The molecule has 98 valence electrons. The number of carbonyl (C=O) groups excluding carboxylic acids is 1. The second-order valence-electron chi connectivity index (χ2n) is 5.45. The Morgan fingerprint density at radius 3 is 2.88 bits per heavy atom. The van der Waals surface area contributed by atoms with E-state index in [-0.39, 0.29) is 17.9 Å². The van der Waals surface area contributed by atoms with E-state index in [0.29, 0.717) is 11.8 Å². The molecule has 4 atom stereocenters. The first-order valence-corrected chi connectivity index (χ1v) is 6.78. The Labute approximate surface area is 103 Å². The summed E-state index contributed by atoms with van der Waals surface area (Å²) in [6.45, 7) is 7.93. The van der Waals surface area contributed by atoms with Gasteiger partial charge in [-0.3, -0.25) is 4.79 Å². The molecule has 0 aromatic heterocycles. The van der Waals surface area contributed by atoms with Crippen LogP contribution in [0.5, 0.6) is 0 Å². The van der Waals surface area contributed by atoms with E-state index in [1.54, 1.807) is 0 Å². The molecule has 2 saturated heterocycles. The number of amides is 1. The molecular weight excluding hydrogens is 216 g/mol. The Balaban J connectivity index is 1.75. The van der Waals surface area contributed by atoms with Crippen molar-refractivity contribution in [3.8, 4) is 0 Å². The molecule has 2 heterocycles. The van der Waals surface area contributed by atoms with Crippen molar-refractivity contribution in [2.75, 3.05) is 26.2 Å². The normalized spacial score (nSPS) is 38.0. The molecule has 2 N–H and O–H groups in total. The first kappa shape index (κ1) is 12.8. The van der Waals surface area contributed by atoms with Gasteiger partial charge >= 0.3 is 0 Å². The second kappa shape index (κ2) is 5.83. The molecule has 0 aromatic rings. The van der Waals surface area contributed by atoms with Crippen LogP contribution in [-0.4, -0.2) is 38.3 Å². The lowest BCUT2D eigenvalue weighted by atomic mass is 9.88. The van der Waals surface area contributed by atoms with Crippen LogP contribution in [0.1, 0.15) is 26.7 Å². The van der Waals surface area contributed by atoms with E-state index in [1.807, 2.05) is 6.92 Å². The zero-order valence-corrected chi connectivity index (χ0v) is 10.9. The third kappa shape index (κ3) is 3.19. The minimum atomic E-state index is 0.0573. The van der Waals surface area contributed by atoms with E-state index in [0.717, 1.165) is 32.7 Å². The van der Waals surface area contributed by atoms with Crippen LogP contribution in [0.2, 0.25) is 0 Å². The van der Waals surface area contributed by atoms with Gasteiger partial charge in [-0.15, -0.1) is 0 Å². The Morgan fingerprint density at radius 2 is 2.24 bits per heavy atom. The van der Waals surface area contributed by atoms with Crippen LogP contribution in [-0.2, 0) is 9.53 Å². The van der Waals surface area contributed by atoms with Crippen molar-refractivity contribution in [3.63, 3.8) is 0 Å². The molecule has 0 saturated carbocycles. The fourth-order valence-corrected chi connectivity index (χ4v) is 2.77. The van der Waals surface area contributed by atoms with E-state index in [9.17, 15) is 4.79 Å². The van der Waals surface area contributed by atoms with Crippen molar-refractivity contribution in [1.29, 1.82) is 0 Å². The Hall–Kier alpha value is -0.610. The van der Waals surface area contributed by atoms with Crippen LogP contribution in [0.25, 0.3) is 0 Å². The highest BCUT2D eigenvalue weighted by molar-refractivity contribution is 5.79. The predicted molar refractivity (Wildman–Crippen MR) is 66.7 cm³/mol. The van der Waals surface area contributed by atoms with Gasteiger partial charge in [0.15, 0.2) is 0 Å². The fraction of sp³-hybridized carbons (Fsp3) is 0.923. The van der Waals surface area contributed by atoms with Crippen molar-refractivity contribution in [1.82, 2.24) is 10.6 Å².